The third kappa shape index (κ3) is 4.08. The molecule has 5 heteroatoms. The Hall–Kier alpha value is -2.30. The Kier molecular flexibility index (Phi) is 4.98. The number of anilines is 2. The molecule has 0 aliphatic carbocycles. The van der Waals surface area contributed by atoms with Gasteiger partial charge in [-0.2, -0.15) is 0 Å². The number of hydrogen-bond acceptors (Lipinski definition) is 4. The van der Waals surface area contributed by atoms with Crippen LogP contribution in [-0.2, 0) is 4.79 Å². The third-order valence-corrected chi connectivity index (χ3v) is 3.18. The van der Waals surface area contributed by atoms with Crippen LogP contribution >= 0.6 is 0 Å². The summed E-state index contributed by atoms with van der Waals surface area (Å²) in [7, 11) is 0. The van der Waals surface area contributed by atoms with E-state index in [1.807, 2.05) is 24.3 Å². The summed E-state index contributed by atoms with van der Waals surface area (Å²) in [4.78, 5) is 16.0. The van der Waals surface area contributed by atoms with E-state index in [1.54, 1.807) is 6.20 Å². The molecule has 112 valence electrons. The molecule has 0 aliphatic rings. The number of nitrogens with zero attached hydrogens (tertiary/aromatic N) is 1. The quantitative estimate of drug-likeness (QED) is 0.712. The van der Waals surface area contributed by atoms with E-state index in [0.717, 1.165) is 16.6 Å². The molecule has 5 nitrogen and oxygen atoms in total. The smallest absolute Gasteiger partial charge is 0.221 e. The predicted molar refractivity (Wildman–Crippen MR) is 87.1 cm³/mol. The van der Waals surface area contributed by atoms with Crippen molar-refractivity contribution >= 4 is 28.2 Å². The van der Waals surface area contributed by atoms with Crippen LogP contribution in [0.4, 0.5) is 11.4 Å². The van der Waals surface area contributed by atoms with E-state index in [0.29, 0.717) is 31.1 Å². The van der Waals surface area contributed by atoms with Gasteiger partial charge in [-0.1, -0.05) is 13.8 Å². The Morgan fingerprint density at radius 3 is 2.90 bits per heavy atom. The fourth-order valence-electron chi connectivity index (χ4n) is 2.07. The van der Waals surface area contributed by atoms with Gasteiger partial charge in [0, 0.05) is 36.8 Å². The molecule has 0 aliphatic heterocycles. The number of nitrogens with one attached hydrogen (secondary N) is 2. The molecule has 0 unspecified atom stereocenters. The topological polar surface area (TPSA) is 80.0 Å². The monoisotopic (exact) mass is 286 g/mol. The Balaban J connectivity index is 1.95. The fraction of sp³-hybridized carbons (Fsp3) is 0.375. The highest BCUT2D eigenvalue weighted by molar-refractivity contribution is 5.98. The van der Waals surface area contributed by atoms with Gasteiger partial charge in [-0.25, -0.2) is 0 Å². The summed E-state index contributed by atoms with van der Waals surface area (Å²) in [6, 6.07) is 7.60. The van der Waals surface area contributed by atoms with Crippen molar-refractivity contribution in [2.75, 3.05) is 24.1 Å². The molecule has 1 amide bonds. The molecule has 0 saturated heterocycles. The highest BCUT2D eigenvalue weighted by Crippen LogP contribution is 2.26. The molecule has 0 saturated carbocycles. The second-order valence-corrected chi connectivity index (χ2v) is 5.48. The molecule has 0 radical (unpaired) electrons. The van der Waals surface area contributed by atoms with Crippen LogP contribution < -0.4 is 16.4 Å². The molecule has 1 aromatic carbocycles. The molecule has 2 aromatic rings. The molecule has 1 aromatic heterocycles. The summed E-state index contributed by atoms with van der Waals surface area (Å²) in [6.07, 6.45) is 2.17. The lowest BCUT2D eigenvalue weighted by Gasteiger charge is -2.11. The summed E-state index contributed by atoms with van der Waals surface area (Å²) in [5.74, 6) is 0.531. The van der Waals surface area contributed by atoms with Crippen molar-refractivity contribution in [3.8, 4) is 0 Å². The number of amides is 1. The van der Waals surface area contributed by atoms with E-state index in [2.05, 4.69) is 29.5 Å². The van der Waals surface area contributed by atoms with Crippen molar-refractivity contribution < 1.29 is 4.79 Å². The normalized spacial score (nSPS) is 10.8. The second kappa shape index (κ2) is 6.92. The Labute approximate surface area is 124 Å². The van der Waals surface area contributed by atoms with Crippen molar-refractivity contribution in [1.29, 1.82) is 0 Å². The van der Waals surface area contributed by atoms with Crippen LogP contribution in [0.15, 0.2) is 30.5 Å². The van der Waals surface area contributed by atoms with Gasteiger partial charge in [-0.3, -0.25) is 9.78 Å². The molecular formula is C16H22N4O. The maximum Gasteiger partial charge on any atom is 0.221 e. The Morgan fingerprint density at radius 2 is 2.14 bits per heavy atom. The van der Waals surface area contributed by atoms with Crippen LogP contribution in [0.2, 0.25) is 0 Å². The van der Waals surface area contributed by atoms with Gasteiger partial charge in [0.15, 0.2) is 0 Å². The minimum absolute atomic E-state index is 0.0640. The SMILES string of the molecule is CC(C)CNC(=O)CCNc1ccc(N)c2ncccc12. The lowest BCUT2D eigenvalue weighted by molar-refractivity contribution is -0.120. The Bertz CT molecular complexity index is 625. The zero-order valence-corrected chi connectivity index (χ0v) is 12.5. The summed E-state index contributed by atoms with van der Waals surface area (Å²) in [6.45, 7) is 5.45. The molecule has 21 heavy (non-hydrogen) atoms. The van der Waals surface area contributed by atoms with Crippen molar-refractivity contribution in [2.24, 2.45) is 5.92 Å². The number of aromatic nitrogens is 1. The van der Waals surface area contributed by atoms with Gasteiger partial charge in [0.2, 0.25) is 5.91 Å². The van der Waals surface area contributed by atoms with Gasteiger partial charge in [0.1, 0.15) is 0 Å². The highest BCUT2D eigenvalue weighted by Gasteiger charge is 2.06. The minimum atomic E-state index is 0.0640. The van der Waals surface area contributed by atoms with Crippen LogP contribution in [0.5, 0.6) is 0 Å². The highest BCUT2D eigenvalue weighted by atomic mass is 16.1. The van der Waals surface area contributed by atoms with Gasteiger partial charge in [-0.05, 0) is 30.2 Å². The van der Waals surface area contributed by atoms with Crippen molar-refractivity contribution in [3.05, 3.63) is 30.5 Å². The summed E-state index contributed by atoms with van der Waals surface area (Å²) in [5, 5.41) is 7.15. The minimum Gasteiger partial charge on any atom is -0.397 e. The predicted octanol–water partition coefficient (Wildman–Crippen LogP) is 2.39. The van der Waals surface area contributed by atoms with Crippen LogP contribution in [0, 0.1) is 5.92 Å². The number of rotatable bonds is 6. The number of carbonyl (C=O) groups is 1. The molecule has 2 rings (SSSR count). The zero-order chi connectivity index (χ0) is 15.2. The van der Waals surface area contributed by atoms with E-state index in [9.17, 15) is 4.79 Å². The molecular weight excluding hydrogens is 264 g/mol. The van der Waals surface area contributed by atoms with E-state index in [-0.39, 0.29) is 5.91 Å². The fourth-order valence-corrected chi connectivity index (χ4v) is 2.07. The van der Waals surface area contributed by atoms with Crippen molar-refractivity contribution in [2.45, 2.75) is 20.3 Å². The largest absolute Gasteiger partial charge is 0.397 e. The number of carbonyl (C=O) groups excluding carboxylic acids is 1. The molecule has 0 spiro atoms. The molecule has 4 N–H and O–H groups in total. The lowest BCUT2D eigenvalue weighted by atomic mass is 10.1. The average molecular weight is 286 g/mol. The van der Waals surface area contributed by atoms with Crippen LogP contribution in [-0.4, -0.2) is 24.0 Å². The number of hydrogen-bond donors (Lipinski definition) is 3. The van der Waals surface area contributed by atoms with Crippen LogP contribution in [0.1, 0.15) is 20.3 Å². The van der Waals surface area contributed by atoms with Gasteiger partial charge in [-0.15, -0.1) is 0 Å². The number of pyridine rings is 1. The Morgan fingerprint density at radius 1 is 1.33 bits per heavy atom. The number of nitrogens with two attached hydrogens (primary N) is 1. The van der Waals surface area contributed by atoms with Crippen LogP contribution in [0.25, 0.3) is 10.9 Å². The number of nitrogen functional groups attached to an aromatic ring is 1. The molecule has 0 bridgehead atoms. The first-order valence-electron chi connectivity index (χ1n) is 7.21. The van der Waals surface area contributed by atoms with E-state index in [4.69, 9.17) is 5.73 Å². The molecule has 0 fully saturated rings. The molecule has 1 heterocycles. The second-order valence-electron chi connectivity index (χ2n) is 5.48. The van der Waals surface area contributed by atoms with Crippen LogP contribution in [0.3, 0.4) is 0 Å². The third-order valence-electron chi connectivity index (χ3n) is 3.18. The summed E-state index contributed by atoms with van der Waals surface area (Å²) < 4.78 is 0. The summed E-state index contributed by atoms with van der Waals surface area (Å²) in [5.41, 5.74) is 8.31. The van der Waals surface area contributed by atoms with E-state index >= 15 is 0 Å². The maximum absolute atomic E-state index is 11.7. The number of fused-ring (bicyclic) bond motifs is 1. The maximum atomic E-state index is 11.7. The van der Waals surface area contributed by atoms with Gasteiger partial charge < -0.3 is 16.4 Å². The summed E-state index contributed by atoms with van der Waals surface area (Å²) >= 11 is 0. The first-order chi connectivity index (χ1) is 10.1. The first kappa shape index (κ1) is 15.1. The number of benzene rings is 1. The van der Waals surface area contributed by atoms with Gasteiger partial charge >= 0.3 is 0 Å². The van der Waals surface area contributed by atoms with Gasteiger partial charge in [0.25, 0.3) is 0 Å². The first-order valence-corrected chi connectivity index (χ1v) is 7.21. The van der Waals surface area contributed by atoms with E-state index in [1.165, 1.54) is 0 Å². The standard InChI is InChI=1S/C16H22N4O/c1-11(2)10-20-15(21)7-9-18-14-6-5-13(17)16-12(14)4-3-8-19-16/h3-6,8,11,18H,7,9-10,17H2,1-2H3,(H,20,21). The van der Waals surface area contributed by atoms with Crippen molar-refractivity contribution in [1.82, 2.24) is 10.3 Å². The lowest BCUT2D eigenvalue weighted by Crippen LogP contribution is -2.28. The molecule has 0 atom stereocenters. The average Bonchev–Trinajstić information content (AvgIpc) is 2.48. The zero-order valence-electron chi connectivity index (χ0n) is 12.5. The van der Waals surface area contributed by atoms with E-state index < -0.39 is 0 Å². The van der Waals surface area contributed by atoms with Gasteiger partial charge in [0.05, 0.1) is 11.2 Å². The van der Waals surface area contributed by atoms with Crippen molar-refractivity contribution in [3.63, 3.8) is 0 Å².